The molecule has 6 heteroatoms. The first-order chi connectivity index (χ1) is 13.0. The summed E-state index contributed by atoms with van der Waals surface area (Å²) in [7, 11) is 1.90. The third-order valence-corrected chi connectivity index (χ3v) is 6.32. The zero-order valence-corrected chi connectivity index (χ0v) is 16.9. The second-order valence-electron chi connectivity index (χ2n) is 7.12. The molecule has 1 saturated carbocycles. The van der Waals surface area contributed by atoms with Gasteiger partial charge in [-0.1, -0.05) is 49.2 Å². The maximum absolute atomic E-state index is 12.9. The first-order valence-electron chi connectivity index (χ1n) is 9.56. The highest BCUT2D eigenvalue weighted by Gasteiger charge is 2.27. The van der Waals surface area contributed by atoms with Crippen molar-refractivity contribution >= 4 is 28.6 Å². The second-order valence-corrected chi connectivity index (χ2v) is 8.42. The van der Waals surface area contributed by atoms with E-state index in [0.717, 1.165) is 12.8 Å². The van der Waals surface area contributed by atoms with Gasteiger partial charge in [-0.15, -0.1) is 6.58 Å². The number of carbonyl (C=O) groups is 1. The molecule has 0 N–H and O–H groups in total. The molecule has 144 valence electrons. The Morgan fingerprint density at radius 3 is 2.78 bits per heavy atom. The molecule has 1 aromatic heterocycles. The van der Waals surface area contributed by atoms with Gasteiger partial charge in [0.25, 0.3) is 5.56 Å². The summed E-state index contributed by atoms with van der Waals surface area (Å²) >= 11 is 1.35. The van der Waals surface area contributed by atoms with Crippen molar-refractivity contribution in [2.24, 2.45) is 0 Å². The summed E-state index contributed by atoms with van der Waals surface area (Å²) in [4.78, 5) is 32.3. The van der Waals surface area contributed by atoms with Crippen molar-refractivity contribution in [1.29, 1.82) is 0 Å². The van der Waals surface area contributed by atoms with Crippen LogP contribution in [0, 0.1) is 0 Å². The highest BCUT2D eigenvalue weighted by Crippen LogP contribution is 2.27. The standard InChI is InChI=1S/C21H27N3O2S/c1-4-14-24-20(26)17-12-8-9-13-18(17)22-21(24)27-15(2)19(25)23(3)16-10-6-5-7-11-16/h4,8-9,12-13,15-16H,1,5-7,10-11,14H2,2-3H3. The Kier molecular flexibility index (Phi) is 6.37. The Morgan fingerprint density at radius 1 is 1.37 bits per heavy atom. The van der Waals surface area contributed by atoms with Gasteiger partial charge in [-0.3, -0.25) is 14.2 Å². The van der Waals surface area contributed by atoms with Gasteiger partial charge in [0.1, 0.15) is 0 Å². The zero-order chi connectivity index (χ0) is 19.4. The number of hydrogen-bond donors (Lipinski definition) is 0. The van der Waals surface area contributed by atoms with E-state index in [1.165, 1.54) is 31.0 Å². The van der Waals surface area contributed by atoms with Crippen LogP contribution in [0.25, 0.3) is 10.9 Å². The van der Waals surface area contributed by atoms with E-state index in [2.05, 4.69) is 11.6 Å². The van der Waals surface area contributed by atoms with Gasteiger partial charge in [-0.05, 0) is 31.9 Å². The number of allylic oxidation sites excluding steroid dienone is 1. The first kappa shape index (κ1) is 19.7. The van der Waals surface area contributed by atoms with Crippen LogP contribution in [0.2, 0.25) is 0 Å². The molecule has 5 nitrogen and oxygen atoms in total. The lowest BCUT2D eigenvalue weighted by molar-refractivity contribution is -0.131. The van der Waals surface area contributed by atoms with Crippen molar-refractivity contribution < 1.29 is 4.79 Å². The van der Waals surface area contributed by atoms with Crippen molar-refractivity contribution in [2.75, 3.05) is 7.05 Å². The van der Waals surface area contributed by atoms with Crippen molar-refractivity contribution in [3.63, 3.8) is 0 Å². The average molecular weight is 386 g/mol. The molecule has 0 spiro atoms. The number of benzene rings is 1. The maximum atomic E-state index is 12.9. The lowest BCUT2D eigenvalue weighted by atomic mass is 9.94. The molecule has 1 aliphatic rings. The van der Waals surface area contributed by atoms with Crippen LogP contribution < -0.4 is 5.56 Å². The van der Waals surface area contributed by atoms with Crippen molar-refractivity contribution in [3.05, 3.63) is 47.3 Å². The van der Waals surface area contributed by atoms with Crippen LogP contribution >= 0.6 is 11.8 Å². The minimum atomic E-state index is -0.305. The third-order valence-electron chi connectivity index (χ3n) is 5.24. The van der Waals surface area contributed by atoms with Crippen LogP contribution in [0.3, 0.4) is 0 Å². The quantitative estimate of drug-likeness (QED) is 0.430. The van der Waals surface area contributed by atoms with Crippen LogP contribution in [0.5, 0.6) is 0 Å². The van der Waals surface area contributed by atoms with Gasteiger partial charge in [0, 0.05) is 19.6 Å². The summed E-state index contributed by atoms with van der Waals surface area (Å²) in [5.74, 6) is 0.0967. The van der Waals surface area contributed by atoms with E-state index in [1.54, 1.807) is 16.7 Å². The minimum Gasteiger partial charge on any atom is -0.342 e. The highest BCUT2D eigenvalue weighted by atomic mass is 32.2. The molecular formula is C21H27N3O2S. The highest BCUT2D eigenvalue weighted by molar-refractivity contribution is 8.00. The Morgan fingerprint density at radius 2 is 2.07 bits per heavy atom. The van der Waals surface area contributed by atoms with Gasteiger partial charge in [0.05, 0.1) is 16.2 Å². The monoisotopic (exact) mass is 385 g/mol. The van der Waals surface area contributed by atoms with E-state index in [9.17, 15) is 9.59 Å². The van der Waals surface area contributed by atoms with Gasteiger partial charge < -0.3 is 4.90 Å². The summed E-state index contributed by atoms with van der Waals surface area (Å²) in [5.41, 5.74) is 0.564. The Bertz CT molecular complexity index is 887. The molecule has 1 aliphatic carbocycles. The number of thioether (sulfide) groups is 1. The van der Waals surface area contributed by atoms with E-state index in [-0.39, 0.29) is 16.7 Å². The average Bonchev–Trinajstić information content (AvgIpc) is 2.70. The third kappa shape index (κ3) is 4.26. The van der Waals surface area contributed by atoms with Crippen LogP contribution in [0.4, 0.5) is 0 Å². The van der Waals surface area contributed by atoms with E-state index in [1.807, 2.05) is 37.1 Å². The number of rotatable bonds is 6. The molecule has 2 aromatic rings. The van der Waals surface area contributed by atoms with Crippen LogP contribution in [-0.4, -0.2) is 38.7 Å². The predicted octanol–water partition coefficient (Wildman–Crippen LogP) is 3.85. The minimum absolute atomic E-state index is 0.0942. The van der Waals surface area contributed by atoms with E-state index in [4.69, 9.17) is 0 Å². The fourth-order valence-electron chi connectivity index (χ4n) is 3.67. The van der Waals surface area contributed by atoms with Crippen LogP contribution in [0.1, 0.15) is 39.0 Å². The zero-order valence-electron chi connectivity index (χ0n) is 16.1. The Labute approximate surface area is 164 Å². The van der Waals surface area contributed by atoms with Gasteiger partial charge in [0.15, 0.2) is 5.16 Å². The van der Waals surface area contributed by atoms with E-state index >= 15 is 0 Å². The number of aromatic nitrogens is 2. The largest absolute Gasteiger partial charge is 0.342 e. The summed E-state index contributed by atoms with van der Waals surface area (Å²) in [6, 6.07) is 7.65. The van der Waals surface area contributed by atoms with Gasteiger partial charge in [0.2, 0.25) is 5.91 Å². The van der Waals surface area contributed by atoms with Crippen LogP contribution in [0.15, 0.2) is 46.9 Å². The summed E-state index contributed by atoms with van der Waals surface area (Å²) < 4.78 is 1.60. The van der Waals surface area contributed by atoms with Crippen LogP contribution in [-0.2, 0) is 11.3 Å². The molecule has 0 bridgehead atoms. The fourth-order valence-corrected chi connectivity index (χ4v) is 4.69. The molecule has 0 aliphatic heterocycles. The molecule has 1 atom stereocenters. The smallest absolute Gasteiger partial charge is 0.262 e. The molecule has 1 heterocycles. The Hall–Kier alpha value is -2.08. The normalized spacial score (nSPS) is 16.2. The predicted molar refractivity (Wildman–Crippen MR) is 111 cm³/mol. The van der Waals surface area contributed by atoms with Crippen molar-refractivity contribution in [3.8, 4) is 0 Å². The number of hydrogen-bond acceptors (Lipinski definition) is 4. The first-order valence-corrected chi connectivity index (χ1v) is 10.4. The number of para-hydroxylation sites is 1. The summed E-state index contributed by atoms with van der Waals surface area (Å²) in [6.07, 6.45) is 7.48. The van der Waals surface area contributed by atoms with E-state index < -0.39 is 0 Å². The lowest BCUT2D eigenvalue weighted by Gasteiger charge is -2.32. The second kappa shape index (κ2) is 8.74. The molecule has 1 unspecified atom stereocenters. The fraction of sp³-hybridized carbons (Fsp3) is 0.476. The van der Waals surface area contributed by atoms with Gasteiger partial charge in [-0.25, -0.2) is 4.98 Å². The van der Waals surface area contributed by atoms with Gasteiger partial charge in [-0.2, -0.15) is 0 Å². The summed E-state index contributed by atoms with van der Waals surface area (Å²) in [6.45, 7) is 6.02. The molecule has 3 rings (SSSR count). The Balaban J connectivity index is 1.86. The topological polar surface area (TPSA) is 55.2 Å². The molecule has 0 radical (unpaired) electrons. The SMILES string of the molecule is C=CCn1c(SC(C)C(=O)N(C)C2CCCCC2)nc2ccccc2c1=O. The maximum Gasteiger partial charge on any atom is 0.262 e. The van der Waals surface area contributed by atoms with Gasteiger partial charge >= 0.3 is 0 Å². The number of fused-ring (bicyclic) bond motifs is 1. The summed E-state index contributed by atoms with van der Waals surface area (Å²) in [5, 5.41) is 0.847. The number of amides is 1. The molecule has 1 aromatic carbocycles. The number of nitrogens with zero attached hydrogens (tertiary/aromatic N) is 3. The molecule has 1 amide bonds. The van der Waals surface area contributed by atoms with Crippen molar-refractivity contribution in [2.45, 2.75) is 62.0 Å². The molecule has 27 heavy (non-hydrogen) atoms. The molecule has 1 fully saturated rings. The van der Waals surface area contributed by atoms with E-state index in [0.29, 0.717) is 28.6 Å². The molecular weight excluding hydrogens is 358 g/mol. The number of carbonyl (C=O) groups excluding carboxylic acids is 1. The lowest BCUT2D eigenvalue weighted by Crippen LogP contribution is -2.42. The molecule has 0 saturated heterocycles. The van der Waals surface area contributed by atoms with Crippen molar-refractivity contribution in [1.82, 2.24) is 14.5 Å².